The molecule has 1 saturated heterocycles. The fourth-order valence-electron chi connectivity index (χ4n) is 3.49. The van der Waals surface area contributed by atoms with Crippen molar-refractivity contribution in [3.8, 4) is 0 Å². The Balaban J connectivity index is 0.000000269. The van der Waals surface area contributed by atoms with Crippen LogP contribution >= 0.6 is 9.69 Å². The predicted molar refractivity (Wildman–Crippen MR) is 116 cm³/mol. The van der Waals surface area contributed by atoms with Gasteiger partial charge in [-0.05, 0) is 25.7 Å². The summed E-state index contributed by atoms with van der Waals surface area (Å²) in [6.45, 7) is 4.45. The zero-order chi connectivity index (χ0) is 21.4. The van der Waals surface area contributed by atoms with E-state index in [0.29, 0.717) is 6.61 Å². The first-order valence-corrected chi connectivity index (χ1v) is 13.3. The van der Waals surface area contributed by atoms with Crippen LogP contribution in [0.1, 0.15) is 57.2 Å². The molecule has 5 nitrogen and oxygen atoms in total. The summed E-state index contributed by atoms with van der Waals surface area (Å²) in [6, 6.07) is 10.2. The van der Waals surface area contributed by atoms with Crippen molar-refractivity contribution in [3.05, 3.63) is 70.5 Å². The van der Waals surface area contributed by atoms with Crippen molar-refractivity contribution in [2.24, 2.45) is 7.05 Å². The molecule has 7 heteroatoms. The first-order chi connectivity index (χ1) is 14.5. The molecule has 166 valence electrons. The van der Waals surface area contributed by atoms with Crippen molar-refractivity contribution >= 4 is 9.69 Å². The van der Waals surface area contributed by atoms with Gasteiger partial charge >= 0.3 is 141 Å². The van der Waals surface area contributed by atoms with Crippen molar-refractivity contribution in [2.45, 2.75) is 57.5 Å². The number of ether oxygens (including phenoxy) is 2. The standard InChI is InChI=1S/C15H19N3O2.C8H12.ClH.Rh/c1-15(2)19-9-13(18-10-16-17(3)11-18)14(20-15)12-7-5-4-6-8-12;1-2-4-6-8-7-5-3-1;;/h4-8,10,13-14H,9H2,1-3H3;1-2,7-8H,3-6H2;1H;/q;;;+1/p-1/b;2-1-,8-7-;;/t13-,14-;;;/m0.../s1. The fraction of sp³-hybridized carbons (Fsp3) is 0.478. The van der Waals surface area contributed by atoms with Gasteiger partial charge in [0, 0.05) is 0 Å². The van der Waals surface area contributed by atoms with E-state index in [1.807, 2.05) is 50.1 Å². The number of hydrogen-bond donors (Lipinski definition) is 0. The van der Waals surface area contributed by atoms with E-state index in [1.54, 1.807) is 0 Å². The van der Waals surface area contributed by atoms with E-state index < -0.39 is 5.79 Å². The van der Waals surface area contributed by atoms with Crippen LogP contribution in [-0.2, 0) is 32.2 Å². The topological polar surface area (TPSA) is 41.2 Å². The monoisotopic (exact) mass is 519 g/mol. The first-order valence-electron chi connectivity index (χ1n) is 10.3. The number of aromatic nitrogens is 3. The summed E-state index contributed by atoms with van der Waals surface area (Å²) in [5.74, 6) is -0.604. The zero-order valence-corrected chi connectivity index (χ0v) is 20.2. The number of rotatable bonds is 2. The molecule has 1 aromatic heterocycles. The molecule has 1 aliphatic carbocycles. The van der Waals surface area contributed by atoms with E-state index in [2.05, 4.69) is 46.1 Å². The van der Waals surface area contributed by atoms with Crippen LogP contribution in [-0.4, -0.2) is 26.7 Å². The molecule has 2 atom stereocenters. The molecule has 0 bridgehead atoms. The number of aryl methyl sites for hydroxylation is 1. The van der Waals surface area contributed by atoms with E-state index in [1.165, 1.54) is 25.7 Å². The molecular weight excluding hydrogens is 489 g/mol. The molecule has 30 heavy (non-hydrogen) atoms. The van der Waals surface area contributed by atoms with Gasteiger partial charge < -0.3 is 0 Å². The van der Waals surface area contributed by atoms with Crippen LogP contribution in [0.4, 0.5) is 0 Å². The number of nitrogens with zero attached hydrogens (tertiary/aromatic N) is 3. The van der Waals surface area contributed by atoms with Crippen LogP contribution in [0, 0.1) is 4.01 Å². The zero-order valence-electron chi connectivity index (χ0n) is 17.8. The van der Waals surface area contributed by atoms with Gasteiger partial charge in [0.15, 0.2) is 0 Å². The van der Waals surface area contributed by atoms with Gasteiger partial charge in [-0.1, -0.05) is 24.3 Å². The third-order valence-corrected chi connectivity index (χ3v) is 6.94. The number of hydrogen-bond acceptors (Lipinski definition) is 3. The Morgan fingerprint density at radius 1 is 1.03 bits per heavy atom. The van der Waals surface area contributed by atoms with Gasteiger partial charge in [-0.25, -0.2) is 0 Å². The summed E-state index contributed by atoms with van der Waals surface area (Å²) in [5, 5.41) is 4.33. The molecule has 4 rings (SSSR count). The Hall–Kier alpha value is -1.33. The Kier molecular flexibility index (Phi) is 8.82. The molecule has 0 amide bonds. The second-order valence-electron chi connectivity index (χ2n) is 7.80. The van der Waals surface area contributed by atoms with Gasteiger partial charge in [-0.15, -0.1) is 0 Å². The molecule has 1 fully saturated rings. The maximum absolute atomic E-state index is 6.22. The molecule has 2 aliphatic rings. The molecular formula is C23H31ClN3O2Rh. The van der Waals surface area contributed by atoms with Crippen molar-refractivity contribution in [2.75, 3.05) is 6.61 Å². The SMILES string of the molecule is C1=C\CC/C=C\CC/1.Cn1ncn([C@H]2COC(C)(C)O[C@H]2c2ccccc2)[c]1=[Rh][Cl]. The van der Waals surface area contributed by atoms with Gasteiger partial charge in [0.2, 0.25) is 0 Å². The van der Waals surface area contributed by atoms with Crippen LogP contribution < -0.4 is 0 Å². The van der Waals surface area contributed by atoms with Gasteiger partial charge in [0.1, 0.15) is 0 Å². The van der Waals surface area contributed by atoms with Crippen LogP contribution in [0.15, 0.2) is 61.0 Å². The average molecular weight is 520 g/mol. The second-order valence-corrected chi connectivity index (χ2v) is 9.59. The number of halogens is 1. The first kappa shape index (κ1) is 23.3. The summed E-state index contributed by atoms with van der Waals surface area (Å²) >= 11 is -0.249. The van der Waals surface area contributed by atoms with Crippen molar-refractivity contribution in [1.29, 1.82) is 0 Å². The molecule has 0 unspecified atom stereocenters. The Labute approximate surface area is 190 Å². The van der Waals surface area contributed by atoms with Gasteiger partial charge in [0.05, 0.1) is 0 Å². The summed E-state index contributed by atoms with van der Waals surface area (Å²) in [7, 11) is 8.06. The molecule has 1 aromatic carbocycles. The van der Waals surface area contributed by atoms with Crippen LogP contribution in [0.3, 0.4) is 0 Å². The number of benzene rings is 1. The van der Waals surface area contributed by atoms with Crippen LogP contribution in [0.25, 0.3) is 0 Å². The Bertz CT molecular complexity index is 892. The molecule has 0 N–H and O–H groups in total. The second kappa shape index (κ2) is 11.3. The van der Waals surface area contributed by atoms with E-state index in [9.17, 15) is 0 Å². The quantitative estimate of drug-likeness (QED) is 0.376. The van der Waals surface area contributed by atoms with E-state index in [-0.39, 0.29) is 27.8 Å². The summed E-state index contributed by atoms with van der Waals surface area (Å²) in [4.78, 5) is 0. The fourth-order valence-corrected chi connectivity index (χ4v) is 5.17. The molecule has 1 aliphatic heterocycles. The van der Waals surface area contributed by atoms with Crippen LogP contribution in [0.2, 0.25) is 0 Å². The third-order valence-electron chi connectivity index (χ3n) is 5.04. The van der Waals surface area contributed by atoms with Crippen molar-refractivity contribution in [3.63, 3.8) is 0 Å². The molecule has 2 aromatic rings. The van der Waals surface area contributed by atoms with Gasteiger partial charge in [-0.3, -0.25) is 0 Å². The van der Waals surface area contributed by atoms with Gasteiger partial charge in [0.25, 0.3) is 0 Å². The minimum absolute atomic E-state index is 0.0155. The summed E-state index contributed by atoms with van der Waals surface area (Å²) in [5.41, 5.74) is 1.13. The molecule has 0 saturated carbocycles. The predicted octanol–water partition coefficient (Wildman–Crippen LogP) is 5.73. The van der Waals surface area contributed by atoms with E-state index in [0.717, 1.165) is 9.58 Å². The molecule has 2 heterocycles. The number of allylic oxidation sites excluding steroid dienone is 4. The van der Waals surface area contributed by atoms with Gasteiger partial charge in [-0.2, -0.15) is 0 Å². The average Bonchev–Trinajstić information content (AvgIpc) is 3.08. The van der Waals surface area contributed by atoms with E-state index in [4.69, 9.17) is 19.2 Å². The van der Waals surface area contributed by atoms with Crippen molar-refractivity contribution in [1.82, 2.24) is 14.3 Å². The summed E-state index contributed by atoms with van der Waals surface area (Å²) in [6.07, 6.45) is 15.7. The van der Waals surface area contributed by atoms with Crippen molar-refractivity contribution < 1.29 is 25.2 Å². The Morgan fingerprint density at radius 2 is 1.63 bits per heavy atom. The molecule has 0 radical (unpaired) electrons. The minimum atomic E-state index is -0.604. The third kappa shape index (κ3) is 6.34. The Morgan fingerprint density at radius 3 is 2.20 bits per heavy atom. The normalized spacial score (nSPS) is 26.6. The summed E-state index contributed by atoms with van der Waals surface area (Å²) < 4.78 is 17.0. The molecule has 0 spiro atoms. The van der Waals surface area contributed by atoms with E-state index >= 15 is 0 Å². The van der Waals surface area contributed by atoms with Crippen LogP contribution in [0.5, 0.6) is 0 Å². The maximum atomic E-state index is 6.22.